The maximum atomic E-state index is 13.8. The zero-order valence-corrected chi connectivity index (χ0v) is 23.0. The van der Waals surface area contributed by atoms with Crippen molar-refractivity contribution in [1.29, 1.82) is 0 Å². The number of carbonyl (C=O) groups excluding carboxylic acids is 3. The van der Waals surface area contributed by atoms with Crippen LogP contribution in [-0.4, -0.2) is 42.8 Å². The lowest BCUT2D eigenvalue weighted by molar-refractivity contribution is 0.0610. The topological polar surface area (TPSA) is 76.2 Å². The van der Waals surface area contributed by atoms with Crippen LogP contribution in [0.15, 0.2) is 115 Å². The fourth-order valence-electron chi connectivity index (χ4n) is 5.25. The first-order valence-corrected chi connectivity index (χ1v) is 13.7. The van der Waals surface area contributed by atoms with E-state index in [4.69, 9.17) is 9.47 Å². The Labute approximate surface area is 243 Å². The summed E-state index contributed by atoms with van der Waals surface area (Å²) in [4.78, 5) is 43.4. The molecule has 6 rings (SSSR count). The minimum Gasteiger partial charge on any atom is -0.497 e. The van der Waals surface area contributed by atoms with E-state index in [0.29, 0.717) is 51.4 Å². The van der Waals surface area contributed by atoms with Gasteiger partial charge in [-0.15, -0.1) is 0 Å². The first-order valence-electron chi connectivity index (χ1n) is 13.7. The molecular weight excluding hydrogens is 528 g/mol. The summed E-state index contributed by atoms with van der Waals surface area (Å²) in [6.07, 6.45) is 0.383. The summed E-state index contributed by atoms with van der Waals surface area (Å²) < 4.78 is 11.3. The molecule has 42 heavy (non-hydrogen) atoms. The monoisotopic (exact) mass is 556 g/mol. The molecular formula is C35H28N2O5. The lowest BCUT2D eigenvalue weighted by Crippen LogP contribution is -2.42. The van der Waals surface area contributed by atoms with Crippen molar-refractivity contribution < 1.29 is 23.9 Å². The highest BCUT2D eigenvalue weighted by Gasteiger charge is 2.32. The maximum Gasteiger partial charge on any atom is 0.261 e. The van der Waals surface area contributed by atoms with Crippen LogP contribution in [-0.2, 0) is 0 Å². The number of anilines is 1. The molecule has 0 atom stereocenters. The Balaban J connectivity index is 1.23. The van der Waals surface area contributed by atoms with Gasteiger partial charge in [0.15, 0.2) is 0 Å². The number of ether oxygens (including phenoxy) is 2. The summed E-state index contributed by atoms with van der Waals surface area (Å²) in [5, 5.41) is 1.56. The van der Waals surface area contributed by atoms with Gasteiger partial charge in [0.05, 0.1) is 7.11 Å². The first kappa shape index (κ1) is 26.8. The summed E-state index contributed by atoms with van der Waals surface area (Å²) in [5.74, 6) is 1.05. The number of imide groups is 1. The smallest absolute Gasteiger partial charge is 0.261 e. The van der Waals surface area contributed by atoms with Crippen LogP contribution in [0.25, 0.3) is 10.8 Å². The molecule has 5 aromatic carbocycles. The van der Waals surface area contributed by atoms with Gasteiger partial charge in [0.1, 0.15) is 17.2 Å². The van der Waals surface area contributed by atoms with E-state index in [1.165, 1.54) is 4.90 Å². The van der Waals surface area contributed by atoms with Crippen LogP contribution in [0.3, 0.4) is 0 Å². The summed E-state index contributed by atoms with van der Waals surface area (Å²) in [6, 6.07) is 34.7. The number of methoxy groups -OCH3 is 1. The van der Waals surface area contributed by atoms with Gasteiger partial charge in [0.2, 0.25) is 0 Å². The predicted octanol–water partition coefficient (Wildman–Crippen LogP) is 6.97. The number of hydrogen-bond acceptors (Lipinski definition) is 5. The molecule has 1 aliphatic rings. The molecule has 0 saturated carbocycles. The molecule has 0 spiro atoms. The second-order valence-electron chi connectivity index (χ2n) is 9.92. The van der Waals surface area contributed by atoms with Crippen molar-refractivity contribution in [2.24, 2.45) is 0 Å². The van der Waals surface area contributed by atoms with Crippen molar-refractivity contribution in [2.45, 2.75) is 6.42 Å². The summed E-state index contributed by atoms with van der Waals surface area (Å²) in [7, 11) is 1.55. The van der Waals surface area contributed by atoms with E-state index in [-0.39, 0.29) is 30.8 Å². The van der Waals surface area contributed by atoms with E-state index in [1.807, 2.05) is 78.9 Å². The Morgan fingerprint density at radius 3 is 2.00 bits per heavy atom. The molecule has 3 amide bonds. The molecule has 7 heteroatoms. The van der Waals surface area contributed by atoms with E-state index in [9.17, 15) is 14.4 Å². The molecule has 0 fully saturated rings. The van der Waals surface area contributed by atoms with Crippen molar-refractivity contribution in [3.63, 3.8) is 0 Å². The minimum atomic E-state index is -0.322. The van der Waals surface area contributed by atoms with Crippen LogP contribution >= 0.6 is 0 Å². The molecule has 0 N–H and O–H groups in total. The molecule has 0 aliphatic carbocycles. The predicted molar refractivity (Wildman–Crippen MR) is 162 cm³/mol. The average Bonchev–Trinajstić information content (AvgIpc) is 3.04. The van der Waals surface area contributed by atoms with Gasteiger partial charge < -0.3 is 14.4 Å². The molecule has 0 aromatic heterocycles. The van der Waals surface area contributed by atoms with Gasteiger partial charge in [-0.25, -0.2) is 0 Å². The molecule has 0 bridgehead atoms. The van der Waals surface area contributed by atoms with Gasteiger partial charge in [-0.2, -0.15) is 0 Å². The van der Waals surface area contributed by atoms with Gasteiger partial charge in [-0.05, 0) is 78.5 Å². The van der Waals surface area contributed by atoms with E-state index >= 15 is 0 Å². The maximum absolute atomic E-state index is 13.8. The largest absolute Gasteiger partial charge is 0.497 e. The SMILES string of the molecule is COc1cccc(C(=O)N(CCCN2C(=O)c3cccc4cccc(c34)C2=O)c2ccc(Oc3ccccc3)cc2)c1. The van der Waals surface area contributed by atoms with Crippen LogP contribution in [0.1, 0.15) is 37.5 Å². The Bertz CT molecular complexity index is 1730. The zero-order chi connectivity index (χ0) is 29.1. The van der Waals surface area contributed by atoms with Crippen molar-refractivity contribution in [3.8, 4) is 17.2 Å². The highest BCUT2D eigenvalue weighted by molar-refractivity contribution is 6.25. The van der Waals surface area contributed by atoms with Crippen LogP contribution < -0.4 is 14.4 Å². The zero-order valence-electron chi connectivity index (χ0n) is 23.0. The fraction of sp³-hybridized carbons (Fsp3) is 0.114. The second-order valence-corrected chi connectivity index (χ2v) is 9.92. The van der Waals surface area contributed by atoms with E-state index in [2.05, 4.69) is 0 Å². The number of nitrogens with zero attached hydrogens (tertiary/aromatic N) is 2. The normalized spacial score (nSPS) is 12.4. The third-order valence-electron chi connectivity index (χ3n) is 7.31. The molecule has 5 aromatic rings. The van der Waals surface area contributed by atoms with Gasteiger partial charge in [-0.3, -0.25) is 19.3 Å². The number of benzene rings is 5. The molecule has 0 radical (unpaired) electrons. The highest BCUT2D eigenvalue weighted by atomic mass is 16.5. The molecule has 1 aliphatic heterocycles. The third-order valence-corrected chi connectivity index (χ3v) is 7.31. The van der Waals surface area contributed by atoms with Gasteiger partial charge in [0.25, 0.3) is 17.7 Å². The number of para-hydroxylation sites is 1. The van der Waals surface area contributed by atoms with Gasteiger partial charge >= 0.3 is 0 Å². The molecule has 7 nitrogen and oxygen atoms in total. The van der Waals surface area contributed by atoms with E-state index in [0.717, 1.165) is 5.39 Å². The lowest BCUT2D eigenvalue weighted by atomic mass is 9.94. The Morgan fingerprint density at radius 2 is 1.33 bits per heavy atom. The average molecular weight is 557 g/mol. The fourth-order valence-corrected chi connectivity index (χ4v) is 5.25. The van der Waals surface area contributed by atoms with E-state index < -0.39 is 0 Å². The molecule has 208 valence electrons. The lowest BCUT2D eigenvalue weighted by Gasteiger charge is -2.29. The molecule has 1 heterocycles. The van der Waals surface area contributed by atoms with Crippen LogP contribution in [0, 0.1) is 0 Å². The standard InChI is InChI=1S/C35H28N2O5/c1-41-29-14-5-11-25(23-29)33(38)36(26-17-19-28(20-18-26)42-27-12-3-2-4-13-27)21-8-22-37-34(39)30-15-6-9-24-10-7-16-31(32(24)30)35(37)40/h2-7,9-20,23H,8,21-22H2,1H3. The van der Waals surface area contributed by atoms with Crippen molar-refractivity contribution in [2.75, 3.05) is 25.1 Å². The Morgan fingerprint density at radius 1 is 0.714 bits per heavy atom. The summed E-state index contributed by atoms with van der Waals surface area (Å²) >= 11 is 0. The molecule has 0 saturated heterocycles. The minimum absolute atomic E-state index is 0.166. The van der Waals surface area contributed by atoms with Gasteiger partial charge in [-0.1, -0.05) is 48.5 Å². The van der Waals surface area contributed by atoms with Crippen molar-refractivity contribution >= 4 is 34.2 Å². The Kier molecular flexibility index (Phi) is 7.39. The highest BCUT2D eigenvalue weighted by Crippen LogP contribution is 2.31. The van der Waals surface area contributed by atoms with Crippen LogP contribution in [0.4, 0.5) is 5.69 Å². The van der Waals surface area contributed by atoms with Gasteiger partial charge in [0, 0.05) is 40.9 Å². The van der Waals surface area contributed by atoms with E-state index in [1.54, 1.807) is 48.4 Å². The summed E-state index contributed by atoms with van der Waals surface area (Å²) in [6.45, 7) is 0.442. The van der Waals surface area contributed by atoms with Crippen LogP contribution in [0.2, 0.25) is 0 Å². The quantitative estimate of drug-likeness (QED) is 0.183. The van der Waals surface area contributed by atoms with Crippen molar-refractivity contribution in [3.05, 3.63) is 132 Å². The summed E-state index contributed by atoms with van der Waals surface area (Å²) in [5.41, 5.74) is 2.15. The van der Waals surface area contributed by atoms with Crippen LogP contribution in [0.5, 0.6) is 17.2 Å². The second kappa shape index (κ2) is 11.6. The number of carbonyl (C=O) groups is 3. The third kappa shape index (κ3) is 5.20. The molecule has 0 unspecified atom stereocenters. The van der Waals surface area contributed by atoms with Crippen molar-refractivity contribution in [1.82, 2.24) is 4.90 Å². The number of rotatable bonds is 9. The number of amides is 3. The Hall–Kier alpha value is -5.43. The number of hydrogen-bond donors (Lipinski definition) is 0. The first-order chi connectivity index (χ1) is 20.5.